The highest BCUT2D eigenvalue weighted by Gasteiger charge is 2.44. The zero-order chi connectivity index (χ0) is 21.2. The van der Waals surface area contributed by atoms with Crippen molar-refractivity contribution in [2.45, 2.75) is 32.6 Å². The Balaban J connectivity index is 1.62. The first-order valence-electron chi connectivity index (χ1n) is 10.1. The van der Waals surface area contributed by atoms with Crippen LogP contribution >= 0.6 is 11.3 Å². The molecule has 4 aromatic rings. The van der Waals surface area contributed by atoms with Gasteiger partial charge in [0.1, 0.15) is 12.1 Å². The quantitative estimate of drug-likeness (QED) is 0.469. The van der Waals surface area contributed by atoms with Crippen LogP contribution in [0.2, 0.25) is 0 Å². The summed E-state index contributed by atoms with van der Waals surface area (Å²) in [5.74, 6) is 1.58. The molecular weight excluding hydrogens is 410 g/mol. The summed E-state index contributed by atoms with van der Waals surface area (Å²) in [5, 5.41) is 6.61. The minimum Gasteiger partial charge on any atom is -0.442 e. The van der Waals surface area contributed by atoms with Gasteiger partial charge in [-0.3, -0.25) is 9.78 Å². The van der Waals surface area contributed by atoms with Gasteiger partial charge in [-0.2, -0.15) is 0 Å². The fourth-order valence-electron chi connectivity index (χ4n) is 4.54. The lowest BCUT2D eigenvalue weighted by molar-refractivity contribution is -0.118. The number of pyridine rings is 1. The molecule has 1 atom stereocenters. The van der Waals surface area contributed by atoms with Gasteiger partial charge >= 0.3 is 0 Å². The molecule has 0 spiro atoms. The summed E-state index contributed by atoms with van der Waals surface area (Å²) in [4.78, 5) is 28.0. The van der Waals surface area contributed by atoms with Gasteiger partial charge in [-0.25, -0.2) is 14.5 Å². The summed E-state index contributed by atoms with van der Waals surface area (Å²) >= 11 is 1.58. The number of hydrogen-bond donors (Lipinski definition) is 0. The van der Waals surface area contributed by atoms with E-state index in [0.717, 1.165) is 16.0 Å². The van der Waals surface area contributed by atoms with Gasteiger partial charge in [-0.1, -0.05) is 26.0 Å². The van der Waals surface area contributed by atoms with Crippen molar-refractivity contribution in [3.63, 3.8) is 0 Å². The van der Waals surface area contributed by atoms with E-state index in [1.54, 1.807) is 34.6 Å². The first-order chi connectivity index (χ1) is 15.0. The zero-order valence-corrected chi connectivity index (χ0v) is 17.9. The van der Waals surface area contributed by atoms with Crippen molar-refractivity contribution < 1.29 is 9.53 Å². The van der Waals surface area contributed by atoms with Gasteiger partial charge in [0.15, 0.2) is 17.3 Å². The predicted octanol–water partition coefficient (Wildman–Crippen LogP) is 4.42. The summed E-state index contributed by atoms with van der Waals surface area (Å²) in [5.41, 5.74) is 2.86. The Morgan fingerprint density at radius 3 is 2.90 bits per heavy atom. The molecule has 0 saturated heterocycles. The molecule has 154 valence electrons. The number of thiophene rings is 1. The first kappa shape index (κ1) is 18.4. The Kier molecular flexibility index (Phi) is 3.89. The van der Waals surface area contributed by atoms with Gasteiger partial charge in [-0.15, -0.1) is 16.4 Å². The third-order valence-electron chi connectivity index (χ3n) is 5.82. The molecular formula is C23H19N5O2S. The second kappa shape index (κ2) is 6.55. The molecule has 0 unspecified atom stereocenters. The normalized spacial score (nSPS) is 19.8. The minimum absolute atomic E-state index is 0.103. The van der Waals surface area contributed by atoms with E-state index < -0.39 is 0 Å². The average molecular weight is 430 g/mol. The van der Waals surface area contributed by atoms with E-state index in [2.05, 4.69) is 28.9 Å². The lowest BCUT2D eigenvalue weighted by Gasteiger charge is -2.37. The maximum absolute atomic E-state index is 13.3. The van der Waals surface area contributed by atoms with Crippen LogP contribution in [0.3, 0.4) is 0 Å². The third-order valence-corrected chi connectivity index (χ3v) is 6.69. The Labute approximate surface area is 182 Å². The molecule has 8 heteroatoms. The lowest BCUT2D eigenvalue weighted by atomic mass is 9.70. The highest BCUT2D eigenvalue weighted by Crippen LogP contribution is 2.50. The fraction of sp³-hybridized carbons (Fsp3) is 0.261. The van der Waals surface area contributed by atoms with Crippen molar-refractivity contribution in [2.75, 3.05) is 0 Å². The van der Waals surface area contributed by atoms with Gasteiger partial charge in [0.05, 0.1) is 16.4 Å². The van der Waals surface area contributed by atoms with E-state index in [1.165, 1.54) is 0 Å². The van der Waals surface area contributed by atoms with Crippen LogP contribution in [-0.2, 0) is 4.79 Å². The summed E-state index contributed by atoms with van der Waals surface area (Å²) in [7, 11) is 0. The standard InChI is InChI=1S/C23H19N5O2S/c1-23(2)9-14(29)18-15(10-23)30-22-19(17(18)13-5-3-7-24-11-13)21-26-20(16-6-4-8-31-16)27-28(21)12-25-22/h3-8,11-12,17H,9-10H2,1-2H3/t17-/m0/s1. The monoisotopic (exact) mass is 429 g/mol. The number of allylic oxidation sites excluding steroid dienone is 2. The number of ether oxygens (including phenoxy) is 1. The number of rotatable bonds is 2. The molecule has 0 bridgehead atoms. The highest BCUT2D eigenvalue weighted by atomic mass is 32.1. The molecule has 5 heterocycles. The van der Waals surface area contributed by atoms with Crippen LogP contribution in [0.25, 0.3) is 16.3 Å². The van der Waals surface area contributed by atoms with Crippen molar-refractivity contribution in [2.24, 2.45) is 5.41 Å². The molecule has 2 aliphatic rings. The predicted molar refractivity (Wildman–Crippen MR) is 116 cm³/mol. The van der Waals surface area contributed by atoms with E-state index in [9.17, 15) is 4.79 Å². The molecule has 0 saturated carbocycles. The Morgan fingerprint density at radius 1 is 1.23 bits per heavy atom. The van der Waals surface area contributed by atoms with Crippen LogP contribution in [0.1, 0.15) is 43.7 Å². The topological polar surface area (TPSA) is 82.3 Å². The molecule has 0 radical (unpaired) electrons. The number of fused-ring (bicyclic) bond motifs is 3. The van der Waals surface area contributed by atoms with Crippen molar-refractivity contribution >= 4 is 22.8 Å². The maximum atomic E-state index is 13.3. The molecule has 0 N–H and O–H groups in total. The van der Waals surface area contributed by atoms with E-state index in [0.29, 0.717) is 41.5 Å². The molecule has 6 rings (SSSR count). The van der Waals surface area contributed by atoms with E-state index in [1.807, 2.05) is 29.6 Å². The zero-order valence-electron chi connectivity index (χ0n) is 17.1. The van der Waals surface area contributed by atoms with Crippen LogP contribution in [0.4, 0.5) is 0 Å². The smallest absolute Gasteiger partial charge is 0.228 e. The molecule has 7 nitrogen and oxygen atoms in total. The SMILES string of the molecule is CC1(C)CC(=O)C2=C(C1)Oc1ncn3nc(-c4cccs4)nc3c1[C@H]2c1cccnc1. The van der Waals surface area contributed by atoms with Crippen LogP contribution in [0, 0.1) is 5.41 Å². The molecule has 0 aromatic carbocycles. The lowest BCUT2D eigenvalue weighted by Crippen LogP contribution is -2.33. The largest absolute Gasteiger partial charge is 0.442 e. The number of nitrogens with zero attached hydrogens (tertiary/aromatic N) is 5. The Bertz CT molecular complexity index is 1360. The number of hydrogen-bond acceptors (Lipinski definition) is 7. The van der Waals surface area contributed by atoms with Gasteiger partial charge < -0.3 is 4.74 Å². The van der Waals surface area contributed by atoms with E-state index in [-0.39, 0.29) is 17.1 Å². The molecule has 31 heavy (non-hydrogen) atoms. The van der Waals surface area contributed by atoms with Crippen LogP contribution in [0.15, 0.2) is 59.7 Å². The van der Waals surface area contributed by atoms with Crippen LogP contribution in [-0.4, -0.2) is 30.3 Å². The third kappa shape index (κ3) is 2.90. The molecule has 1 aliphatic heterocycles. The Morgan fingerprint density at radius 2 is 2.13 bits per heavy atom. The maximum Gasteiger partial charge on any atom is 0.228 e. The fourth-order valence-corrected chi connectivity index (χ4v) is 5.19. The highest BCUT2D eigenvalue weighted by molar-refractivity contribution is 7.13. The Hall–Kier alpha value is -3.39. The first-order valence-corrected chi connectivity index (χ1v) is 11.0. The molecule has 4 aromatic heterocycles. The summed E-state index contributed by atoms with van der Waals surface area (Å²) in [6.45, 7) is 4.18. The van der Waals surface area contributed by atoms with Crippen molar-refractivity contribution in [1.29, 1.82) is 0 Å². The summed E-state index contributed by atoms with van der Waals surface area (Å²) in [6, 6.07) is 7.84. The number of carbonyl (C=O) groups excluding carboxylic acids is 1. The van der Waals surface area contributed by atoms with Gasteiger partial charge in [0.25, 0.3) is 0 Å². The number of ketones is 1. The molecule has 0 fully saturated rings. The summed E-state index contributed by atoms with van der Waals surface area (Å²) in [6.07, 6.45) is 6.32. The second-order valence-electron chi connectivity index (χ2n) is 8.74. The van der Waals surface area contributed by atoms with Crippen LogP contribution in [0.5, 0.6) is 5.88 Å². The number of carbonyl (C=O) groups is 1. The average Bonchev–Trinajstić information content (AvgIpc) is 3.41. The van der Waals surface area contributed by atoms with Gasteiger partial charge in [-0.05, 0) is 28.5 Å². The summed E-state index contributed by atoms with van der Waals surface area (Å²) < 4.78 is 7.92. The minimum atomic E-state index is -0.340. The molecule has 1 aliphatic carbocycles. The number of aromatic nitrogens is 5. The van der Waals surface area contributed by atoms with E-state index >= 15 is 0 Å². The van der Waals surface area contributed by atoms with E-state index in [4.69, 9.17) is 9.72 Å². The van der Waals surface area contributed by atoms with Gasteiger partial charge in [0, 0.05) is 30.8 Å². The second-order valence-corrected chi connectivity index (χ2v) is 9.69. The van der Waals surface area contributed by atoms with Crippen LogP contribution < -0.4 is 4.74 Å². The molecule has 0 amide bonds. The van der Waals surface area contributed by atoms with Crippen molar-refractivity contribution in [3.8, 4) is 16.6 Å². The van der Waals surface area contributed by atoms with Crippen molar-refractivity contribution in [1.82, 2.24) is 24.6 Å². The number of Topliss-reactive ketones (excluding diaryl/α,β-unsaturated/α-hetero) is 1. The van der Waals surface area contributed by atoms with Gasteiger partial charge in [0.2, 0.25) is 5.88 Å². The van der Waals surface area contributed by atoms with Crippen molar-refractivity contribution in [3.05, 3.63) is 70.8 Å².